The van der Waals surface area contributed by atoms with Crippen molar-refractivity contribution in [2.45, 2.75) is 13.1 Å². The lowest BCUT2D eigenvalue weighted by molar-refractivity contribution is 0.0600. The van der Waals surface area contributed by atoms with Crippen molar-refractivity contribution in [1.82, 2.24) is 24.1 Å². The molecule has 6 rings (SSSR count). The standard InChI is InChI=1S/C24H18ClN5O3/c1-32-24(31)16-7-18-22-20(9-16)33-6-5-29(22)23(28-18)19-8-15-3-2-4-17(25)21(15)30(19)12-14-10-26-13-27-11-14/h2-4,7-11,13H,5-6,12H2,1H3. The molecule has 0 saturated carbocycles. The first-order valence-corrected chi connectivity index (χ1v) is 10.8. The molecule has 4 heterocycles. The molecule has 1 aliphatic rings. The third-order valence-corrected chi connectivity index (χ3v) is 6.16. The Labute approximate surface area is 193 Å². The van der Waals surface area contributed by atoms with Gasteiger partial charge in [-0.25, -0.2) is 19.7 Å². The van der Waals surface area contributed by atoms with E-state index in [0.717, 1.165) is 33.5 Å². The molecule has 0 aliphatic carbocycles. The molecule has 8 nitrogen and oxygen atoms in total. The lowest BCUT2D eigenvalue weighted by Crippen LogP contribution is -2.16. The number of halogens is 1. The average Bonchev–Trinajstić information content (AvgIpc) is 3.39. The minimum atomic E-state index is -0.427. The largest absolute Gasteiger partial charge is 0.489 e. The maximum Gasteiger partial charge on any atom is 0.338 e. The summed E-state index contributed by atoms with van der Waals surface area (Å²) in [5.74, 6) is 0.971. The van der Waals surface area contributed by atoms with Crippen molar-refractivity contribution in [3.8, 4) is 17.3 Å². The predicted octanol–water partition coefficient (Wildman–Crippen LogP) is 4.33. The van der Waals surface area contributed by atoms with Gasteiger partial charge in [-0.3, -0.25) is 0 Å². The monoisotopic (exact) mass is 459 g/mol. The topological polar surface area (TPSA) is 84.1 Å². The number of hydrogen-bond acceptors (Lipinski definition) is 6. The lowest BCUT2D eigenvalue weighted by Gasteiger charge is -2.19. The van der Waals surface area contributed by atoms with Gasteiger partial charge in [-0.05, 0) is 24.3 Å². The molecule has 0 radical (unpaired) electrons. The van der Waals surface area contributed by atoms with Crippen LogP contribution in [0.1, 0.15) is 15.9 Å². The summed E-state index contributed by atoms with van der Waals surface area (Å²) in [4.78, 5) is 25.4. The van der Waals surface area contributed by atoms with Crippen LogP contribution in [-0.2, 0) is 17.8 Å². The molecule has 0 bridgehead atoms. The minimum absolute atomic E-state index is 0.406. The highest BCUT2D eigenvalue weighted by Gasteiger charge is 2.25. The number of rotatable bonds is 4. The van der Waals surface area contributed by atoms with Crippen LogP contribution in [-0.4, -0.2) is 43.8 Å². The highest BCUT2D eigenvalue weighted by Crippen LogP contribution is 2.38. The summed E-state index contributed by atoms with van der Waals surface area (Å²) in [5, 5.41) is 1.67. The lowest BCUT2D eigenvalue weighted by atomic mass is 10.1. The smallest absolute Gasteiger partial charge is 0.338 e. The maximum atomic E-state index is 12.2. The number of nitrogens with zero attached hydrogens (tertiary/aromatic N) is 5. The van der Waals surface area contributed by atoms with E-state index in [0.29, 0.717) is 41.5 Å². The Balaban J connectivity index is 1.62. The first-order valence-electron chi connectivity index (χ1n) is 10.4. The van der Waals surface area contributed by atoms with Crippen LogP contribution in [0.15, 0.2) is 55.1 Å². The van der Waals surface area contributed by atoms with Crippen LogP contribution in [0.3, 0.4) is 0 Å². The van der Waals surface area contributed by atoms with E-state index in [2.05, 4.69) is 25.2 Å². The van der Waals surface area contributed by atoms with E-state index in [4.69, 9.17) is 26.1 Å². The fourth-order valence-electron chi connectivity index (χ4n) is 4.46. The molecule has 1 aliphatic heterocycles. The number of para-hydroxylation sites is 1. The van der Waals surface area contributed by atoms with Crippen LogP contribution in [0.25, 0.3) is 33.5 Å². The number of fused-ring (bicyclic) bond motifs is 1. The highest BCUT2D eigenvalue weighted by atomic mass is 35.5. The number of methoxy groups -OCH3 is 1. The average molecular weight is 460 g/mol. The number of imidazole rings is 1. The van der Waals surface area contributed by atoms with E-state index >= 15 is 0 Å². The van der Waals surface area contributed by atoms with Gasteiger partial charge < -0.3 is 18.6 Å². The summed E-state index contributed by atoms with van der Waals surface area (Å²) in [6.45, 7) is 1.65. The van der Waals surface area contributed by atoms with Crippen LogP contribution >= 0.6 is 11.6 Å². The van der Waals surface area contributed by atoms with Crippen LogP contribution in [0.5, 0.6) is 5.75 Å². The maximum absolute atomic E-state index is 12.2. The number of carbonyl (C=O) groups excluding carboxylic acids is 1. The Bertz CT molecular complexity index is 1540. The minimum Gasteiger partial charge on any atom is -0.489 e. The Kier molecular flexibility index (Phi) is 4.55. The normalized spacial score (nSPS) is 12.8. The fourth-order valence-corrected chi connectivity index (χ4v) is 4.74. The summed E-state index contributed by atoms with van der Waals surface area (Å²) < 4.78 is 15.0. The Morgan fingerprint density at radius 3 is 2.85 bits per heavy atom. The van der Waals surface area contributed by atoms with Gasteiger partial charge in [-0.2, -0.15) is 0 Å². The molecule has 0 amide bonds. The highest BCUT2D eigenvalue weighted by molar-refractivity contribution is 6.35. The molecule has 9 heteroatoms. The van der Waals surface area contributed by atoms with Gasteiger partial charge >= 0.3 is 5.97 Å². The molecule has 0 fully saturated rings. The van der Waals surface area contributed by atoms with Gasteiger partial charge in [-0.1, -0.05) is 23.7 Å². The number of aromatic nitrogens is 5. The quantitative estimate of drug-likeness (QED) is 0.372. The third-order valence-electron chi connectivity index (χ3n) is 5.86. The van der Waals surface area contributed by atoms with E-state index in [-0.39, 0.29) is 0 Å². The van der Waals surface area contributed by atoms with Gasteiger partial charge in [-0.15, -0.1) is 0 Å². The van der Waals surface area contributed by atoms with E-state index < -0.39 is 5.97 Å². The summed E-state index contributed by atoms with van der Waals surface area (Å²) in [5.41, 5.74) is 4.71. The van der Waals surface area contributed by atoms with Crippen molar-refractivity contribution in [3.05, 3.63) is 71.3 Å². The number of ether oxygens (including phenoxy) is 2. The van der Waals surface area contributed by atoms with E-state index in [9.17, 15) is 4.79 Å². The Morgan fingerprint density at radius 1 is 1.18 bits per heavy atom. The van der Waals surface area contributed by atoms with Crippen LogP contribution in [0.2, 0.25) is 5.02 Å². The van der Waals surface area contributed by atoms with Crippen molar-refractivity contribution in [3.63, 3.8) is 0 Å². The zero-order valence-electron chi connectivity index (χ0n) is 17.7. The molecule has 0 saturated heterocycles. The summed E-state index contributed by atoms with van der Waals surface area (Å²) in [6, 6.07) is 11.4. The van der Waals surface area contributed by atoms with Crippen LogP contribution in [0, 0.1) is 0 Å². The zero-order chi connectivity index (χ0) is 22.5. The fraction of sp³-hybridized carbons (Fsp3) is 0.167. The first-order chi connectivity index (χ1) is 16.1. The second kappa shape index (κ2) is 7.60. The summed E-state index contributed by atoms with van der Waals surface area (Å²) >= 11 is 6.64. The van der Waals surface area contributed by atoms with E-state index in [1.807, 2.05) is 18.2 Å². The molecule has 5 aromatic rings. The molecule has 0 spiro atoms. The molecule has 164 valence electrons. The Hall–Kier alpha value is -3.91. The molecule has 2 aromatic carbocycles. The van der Waals surface area contributed by atoms with Gasteiger partial charge in [0.1, 0.15) is 24.2 Å². The predicted molar refractivity (Wildman–Crippen MR) is 124 cm³/mol. The van der Waals surface area contributed by atoms with E-state index in [1.54, 1.807) is 24.5 Å². The molecular weight excluding hydrogens is 442 g/mol. The third kappa shape index (κ3) is 3.14. The first kappa shape index (κ1) is 19.8. The molecule has 0 N–H and O–H groups in total. The zero-order valence-corrected chi connectivity index (χ0v) is 18.4. The second-order valence-corrected chi connectivity index (χ2v) is 8.22. The molecule has 3 aromatic heterocycles. The number of carbonyl (C=O) groups is 1. The van der Waals surface area contributed by atoms with Crippen molar-refractivity contribution < 1.29 is 14.3 Å². The number of hydrogen-bond donors (Lipinski definition) is 0. The van der Waals surface area contributed by atoms with Gasteiger partial charge in [0.15, 0.2) is 5.82 Å². The number of benzene rings is 2. The SMILES string of the molecule is COC(=O)c1cc2c3c(c1)nc(-c1cc4cccc(Cl)c4n1Cc1cncnc1)n3CCO2. The van der Waals surface area contributed by atoms with Crippen LogP contribution in [0.4, 0.5) is 0 Å². The molecule has 0 atom stereocenters. The van der Waals surface area contributed by atoms with Crippen molar-refractivity contribution >= 4 is 39.5 Å². The van der Waals surface area contributed by atoms with Crippen molar-refractivity contribution in [2.75, 3.05) is 13.7 Å². The summed E-state index contributed by atoms with van der Waals surface area (Å²) in [7, 11) is 1.36. The van der Waals surface area contributed by atoms with Crippen molar-refractivity contribution in [2.24, 2.45) is 0 Å². The van der Waals surface area contributed by atoms with Gasteiger partial charge in [0.05, 0.1) is 47.5 Å². The number of esters is 1. The Morgan fingerprint density at radius 2 is 2.03 bits per heavy atom. The van der Waals surface area contributed by atoms with Gasteiger partial charge in [0, 0.05) is 23.3 Å². The van der Waals surface area contributed by atoms with Gasteiger partial charge in [0.25, 0.3) is 0 Å². The summed E-state index contributed by atoms with van der Waals surface area (Å²) in [6.07, 6.45) is 5.09. The van der Waals surface area contributed by atoms with Gasteiger partial charge in [0.2, 0.25) is 0 Å². The molecule has 33 heavy (non-hydrogen) atoms. The van der Waals surface area contributed by atoms with Crippen LogP contribution < -0.4 is 4.74 Å². The van der Waals surface area contributed by atoms with E-state index in [1.165, 1.54) is 13.4 Å². The second-order valence-electron chi connectivity index (χ2n) is 7.81. The van der Waals surface area contributed by atoms with Crippen molar-refractivity contribution in [1.29, 1.82) is 0 Å². The molecular formula is C24H18ClN5O3. The molecule has 0 unspecified atom stereocenters.